The number of aromatic hydroxyl groups is 1. The maximum Gasteiger partial charge on any atom is 0.258 e. The molecule has 0 aliphatic rings. The Morgan fingerprint density at radius 2 is 1.50 bits per heavy atom. The summed E-state index contributed by atoms with van der Waals surface area (Å²) in [4.78, 5) is 18.7. The van der Waals surface area contributed by atoms with Crippen LogP contribution in [0, 0.1) is 0 Å². The highest BCUT2D eigenvalue weighted by atomic mass is 16.3. The molecule has 0 saturated heterocycles. The van der Waals surface area contributed by atoms with Crippen LogP contribution >= 0.6 is 0 Å². The summed E-state index contributed by atoms with van der Waals surface area (Å²) in [6.07, 6.45) is 1.29. The summed E-state index contributed by atoms with van der Waals surface area (Å²) in [7, 11) is 0. The van der Waals surface area contributed by atoms with Gasteiger partial charge in [0.05, 0.1) is 11.7 Å². The number of hydrogen-bond acceptors (Lipinski definition) is 3. The quantitative estimate of drug-likeness (QED) is 0.588. The second kappa shape index (κ2) is 5.66. The standard InChI is InChI=1S/C20H14N2O2/c23-18-11-14(10-17-19(18)21-12-22-20(17)24)16-9-5-4-8-15(16)13-6-2-1-3-7-13/h1-12,23H,(H,21,22,24). The summed E-state index contributed by atoms with van der Waals surface area (Å²) in [6, 6.07) is 21.3. The molecule has 2 N–H and O–H groups in total. The number of aromatic amines is 1. The first-order valence-electron chi connectivity index (χ1n) is 7.59. The van der Waals surface area contributed by atoms with Gasteiger partial charge in [0.15, 0.2) is 0 Å². The van der Waals surface area contributed by atoms with Crippen molar-refractivity contribution in [3.63, 3.8) is 0 Å². The summed E-state index contributed by atoms with van der Waals surface area (Å²) in [5.41, 5.74) is 3.88. The van der Waals surface area contributed by atoms with Crippen LogP contribution in [-0.2, 0) is 0 Å². The van der Waals surface area contributed by atoms with Gasteiger partial charge in [0.25, 0.3) is 5.56 Å². The average molecular weight is 314 g/mol. The first kappa shape index (κ1) is 14.2. The molecule has 0 aliphatic carbocycles. The Hall–Kier alpha value is -3.40. The summed E-state index contributed by atoms with van der Waals surface area (Å²) in [5.74, 6) is -0.00327. The minimum Gasteiger partial charge on any atom is -0.506 e. The van der Waals surface area contributed by atoms with E-state index < -0.39 is 0 Å². The molecule has 0 amide bonds. The Balaban J connectivity index is 2.00. The van der Waals surface area contributed by atoms with E-state index >= 15 is 0 Å². The second-order valence-electron chi connectivity index (χ2n) is 5.53. The molecule has 0 unspecified atom stereocenters. The fourth-order valence-corrected chi connectivity index (χ4v) is 2.92. The van der Waals surface area contributed by atoms with Gasteiger partial charge in [-0.25, -0.2) is 4.98 Å². The van der Waals surface area contributed by atoms with Crippen molar-refractivity contribution < 1.29 is 5.11 Å². The number of nitrogens with zero attached hydrogens (tertiary/aromatic N) is 1. The molecular formula is C20H14N2O2. The first-order chi connectivity index (χ1) is 11.7. The maximum atomic E-state index is 12.1. The van der Waals surface area contributed by atoms with Crippen molar-refractivity contribution in [3.8, 4) is 28.0 Å². The van der Waals surface area contributed by atoms with Crippen LogP contribution in [0.25, 0.3) is 33.2 Å². The highest BCUT2D eigenvalue weighted by Crippen LogP contribution is 2.35. The van der Waals surface area contributed by atoms with Crippen LogP contribution in [0.3, 0.4) is 0 Å². The van der Waals surface area contributed by atoms with E-state index in [9.17, 15) is 9.90 Å². The molecule has 4 heteroatoms. The Bertz CT molecular complexity index is 1090. The van der Waals surface area contributed by atoms with E-state index in [1.54, 1.807) is 12.1 Å². The fraction of sp³-hybridized carbons (Fsp3) is 0. The Morgan fingerprint density at radius 3 is 2.25 bits per heavy atom. The van der Waals surface area contributed by atoms with E-state index in [-0.39, 0.29) is 11.3 Å². The number of hydrogen-bond donors (Lipinski definition) is 2. The molecular weight excluding hydrogens is 300 g/mol. The van der Waals surface area contributed by atoms with Gasteiger partial charge in [-0.1, -0.05) is 54.6 Å². The van der Waals surface area contributed by atoms with Crippen LogP contribution in [-0.4, -0.2) is 15.1 Å². The molecule has 0 aliphatic heterocycles. The number of benzene rings is 3. The van der Waals surface area contributed by atoms with Crippen LogP contribution in [0.5, 0.6) is 5.75 Å². The van der Waals surface area contributed by atoms with Gasteiger partial charge >= 0.3 is 0 Å². The summed E-state index contributed by atoms with van der Waals surface area (Å²) >= 11 is 0. The Kier molecular flexibility index (Phi) is 3.35. The van der Waals surface area contributed by atoms with Crippen molar-refractivity contribution in [1.29, 1.82) is 0 Å². The Labute approximate surface area is 138 Å². The van der Waals surface area contributed by atoms with Gasteiger partial charge < -0.3 is 10.1 Å². The minimum atomic E-state index is -0.269. The molecule has 24 heavy (non-hydrogen) atoms. The predicted molar refractivity (Wildman–Crippen MR) is 94.9 cm³/mol. The third-order valence-corrected chi connectivity index (χ3v) is 4.05. The molecule has 4 nitrogen and oxygen atoms in total. The van der Waals surface area contributed by atoms with E-state index in [1.807, 2.05) is 54.6 Å². The summed E-state index contributed by atoms with van der Waals surface area (Å²) in [6.45, 7) is 0. The number of fused-ring (bicyclic) bond motifs is 1. The van der Waals surface area contributed by atoms with Crippen LogP contribution in [0.1, 0.15) is 0 Å². The normalized spacial score (nSPS) is 10.8. The number of H-pyrrole nitrogens is 1. The summed E-state index contributed by atoms with van der Waals surface area (Å²) < 4.78 is 0. The lowest BCUT2D eigenvalue weighted by molar-refractivity contribution is 0.480. The van der Waals surface area contributed by atoms with Gasteiger partial charge in [-0.05, 0) is 34.4 Å². The fourth-order valence-electron chi connectivity index (χ4n) is 2.92. The molecule has 1 aromatic heterocycles. The second-order valence-corrected chi connectivity index (χ2v) is 5.53. The lowest BCUT2D eigenvalue weighted by Gasteiger charge is -2.11. The molecule has 0 saturated carbocycles. The average Bonchev–Trinajstić information content (AvgIpc) is 2.63. The molecule has 0 bridgehead atoms. The molecule has 0 radical (unpaired) electrons. The van der Waals surface area contributed by atoms with Crippen LogP contribution < -0.4 is 5.56 Å². The number of phenols is 1. The van der Waals surface area contributed by atoms with Crippen molar-refractivity contribution in [2.75, 3.05) is 0 Å². The molecule has 4 rings (SSSR count). The first-order valence-corrected chi connectivity index (χ1v) is 7.59. The van der Waals surface area contributed by atoms with Crippen LogP contribution in [0.15, 0.2) is 77.9 Å². The topological polar surface area (TPSA) is 66.0 Å². The van der Waals surface area contributed by atoms with Gasteiger partial charge in [0.2, 0.25) is 0 Å². The maximum absolute atomic E-state index is 12.1. The predicted octanol–water partition coefficient (Wildman–Crippen LogP) is 3.96. The Morgan fingerprint density at radius 1 is 0.833 bits per heavy atom. The third-order valence-electron chi connectivity index (χ3n) is 4.05. The number of rotatable bonds is 2. The van der Waals surface area contributed by atoms with Gasteiger partial charge in [0, 0.05) is 0 Å². The van der Waals surface area contributed by atoms with E-state index in [1.165, 1.54) is 6.33 Å². The van der Waals surface area contributed by atoms with Crippen LogP contribution in [0.4, 0.5) is 0 Å². The van der Waals surface area contributed by atoms with Gasteiger partial charge in [-0.2, -0.15) is 0 Å². The van der Waals surface area contributed by atoms with E-state index in [0.717, 1.165) is 22.3 Å². The van der Waals surface area contributed by atoms with Crippen molar-refractivity contribution in [3.05, 3.63) is 83.4 Å². The molecule has 0 fully saturated rings. The highest BCUT2D eigenvalue weighted by Gasteiger charge is 2.12. The lowest BCUT2D eigenvalue weighted by Crippen LogP contribution is -2.06. The molecule has 116 valence electrons. The van der Waals surface area contributed by atoms with Crippen molar-refractivity contribution in [2.24, 2.45) is 0 Å². The number of nitrogens with one attached hydrogen (secondary N) is 1. The van der Waals surface area contributed by atoms with E-state index in [4.69, 9.17) is 0 Å². The van der Waals surface area contributed by atoms with E-state index in [2.05, 4.69) is 9.97 Å². The minimum absolute atomic E-state index is 0.00327. The summed E-state index contributed by atoms with van der Waals surface area (Å²) in [5, 5.41) is 10.7. The van der Waals surface area contributed by atoms with Gasteiger partial charge in [0.1, 0.15) is 11.3 Å². The lowest BCUT2D eigenvalue weighted by atomic mass is 9.94. The number of phenolic OH excluding ortho intramolecular Hbond substituents is 1. The zero-order chi connectivity index (χ0) is 16.5. The van der Waals surface area contributed by atoms with Gasteiger partial charge in [-0.3, -0.25) is 4.79 Å². The van der Waals surface area contributed by atoms with Crippen LogP contribution in [0.2, 0.25) is 0 Å². The number of aromatic nitrogens is 2. The smallest absolute Gasteiger partial charge is 0.258 e. The van der Waals surface area contributed by atoms with Gasteiger partial charge in [-0.15, -0.1) is 0 Å². The SMILES string of the molecule is O=c1[nH]cnc2c(O)cc(-c3ccccc3-c3ccccc3)cc12. The molecule has 1 heterocycles. The zero-order valence-electron chi connectivity index (χ0n) is 12.7. The molecule has 0 spiro atoms. The molecule has 0 atom stereocenters. The van der Waals surface area contributed by atoms with E-state index in [0.29, 0.717) is 10.9 Å². The molecule has 4 aromatic rings. The van der Waals surface area contributed by atoms with Crippen molar-refractivity contribution >= 4 is 10.9 Å². The third kappa shape index (κ3) is 2.34. The highest BCUT2D eigenvalue weighted by molar-refractivity contribution is 5.92. The zero-order valence-corrected chi connectivity index (χ0v) is 12.7. The largest absolute Gasteiger partial charge is 0.506 e. The molecule has 3 aromatic carbocycles. The van der Waals surface area contributed by atoms with Crippen molar-refractivity contribution in [1.82, 2.24) is 9.97 Å². The monoisotopic (exact) mass is 314 g/mol. The van der Waals surface area contributed by atoms with Crippen molar-refractivity contribution in [2.45, 2.75) is 0 Å².